The molecule has 2 aliphatic heterocycles. The minimum absolute atomic E-state index is 0.166. The van der Waals surface area contributed by atoms with Crippen molar-refractivity contribution in [1.82, 2.24) is 4.90 Å². The average Bonchev–Trinajstić information content (AvgIpc) is 3.09. The lowest BCUT2D eigenvalue weighted by atomic mass is 10.0. The summed E-state index contributed by atoms with van der Waals surface area (Å²) in [5.74, 6) is 0. The van der Waals surface area contributed by atoms with Crippen molar-refractivity contribution in [3.63, 3.8) is 0 Å². The molecule has 0 spiro atoms. The molecular weight excluding hydrogens is 282 g/mol. The Bertz CT molecular complexity index is 483. The van der Waals surface area contributed by atoms with Crippen LogP contribution in [0.2, 0.25) is 5.02 Å². The molecule has 2 aliphatic rings. The summed E-state index contributed by atoms with van der Waals surface area (Å²) in [6.07, 6.45) is 4.90. The maximum absolute atomic E-state index is 6.17. The normalized spacial score (nSPS) is 24.7. The van der Waals surface area contributed by atoms with Crippen LogP contribution in [0.15, 0.2) is 18.2 Å². The Kier molecular flexibility index (Phi) is 4.72. The first-order valence-corrected chi connectivity index (χ1v) is 8.54. The van der Waals surface area contributed by atoms with Crippen LogP contribution in [0.5, 0.6) is 0 Å². The van der Waals surface area contributed by atoms with Crippen LogP contribution in [-0.2, 0) is 6.42 Å². The zero-order chi connectivity index (χ0) is 14.8. The summed E-state index contributed by atoms with van der Waals surface area (Å²) < 4.78 is 0. The zero-order valence-corrected chi connectivity index (χ0v) is 13.6. The third-order valence-electron chi connectivity index (χ3n) is 4.74. The Morgan fingerprint density at radius 1 is 1.29 bits per heavy atom. The molecule has 1 aromatic carbocycles. The average molecular weight is 308 g/mol. The van der Waals surface area contributed by atoms with Crippen molar-refractivity contribution in [2.24, 2.45) is 5.73 Å². The first-order valence-electron chi connectivity index (χ1n) is 8.16. The van der Waals surface area contributed by atoms with Gasteiger partial charge in [-0.3, -0.25) is 4.90 Å². The second-order valence-electron chi connectivity index (χ2n) is 6.59. The molecule has 0 aliphatic carbocycles. The van der Waals surface area contributed by atoms with Gasteiger partial charge in [0.15, 0.2) is 0 Å². The Hall–Kier alpha value is -0.770. The van der Waals surface area contributed by atoms with E-state index in [0.717, 1.165) is 30.6 Å². The molecule has 2 unspecified atom stereocenters. The van der Waals surface area contributed by atoms with Gasteiger partial charge in [-0.1, -0.05) is 11.6 Å². The number of nitrogens with zero attached hydrogens (tertiary/aromatic N) is 2. The van der Waals surface area contributed by atoms with Gasteiger partial charge in [0.1, 0.15) is 0 Å². The van der Waals surface area contributed by atoms with Crippen LogP contribution in [-0.4, -0.2) is 43.2 Å². The molecule has 4 heteroatoms. The molecule has 2 saturated heterocycles. The van der Waals surface area contributed by atoms with E-state index >= 15 is 0 Å². The number of anilines is 1. The van der Waals surface area contributed by atoms with Crippen molar-refractivity contribution in [3.8, 4) is 0 Å². The molecule has 2 heterocycles. The van der Waals surface area contributed by atoms with Gasteiger partial charge in [0.25, 0.3) is 0 Å². The summed E-state index contributed by atoms with van der Waals surface area (Å²) in [7, 11) is 0. The van der Waals surface area contributed by atoms with E-state index < -0.39 is 0 Å². The molecule has 21 heavy (non-hydrogen) atoms. The highest BCUT2D eigenvalue weighted by Gasteiger charge is 2.30. The van der Waals surface area contributed by atoms with Crippen molar-refractivity contribution in [3.05, 3.63) is 28.8 Å². The minimum atomic E-state index is 0.166. The van der Waals surface area contributed by atoms with E-state index in [1.165, 1.54) is 43.6 Å². The minimum Gasteiger partial charge on any atom is -0.370 e. The van der Waals surface area contributed by atoms with Crippen LogP contribution in [0.1, 0.15) is 31.7 Å². The second kappa shape index (κ2) is 6.55. The van der Waals surface area contributed by atoms with Crippen LogP contribution in [0.4, 0.5) is 5.69 Å². The van der Waals surface area contributed by atoms with E-state index in [4.69, 9.17) is 17.3 Å². The number of benzene rings is 1. The predicted octanol–water partition coefficient (Wildman–Crippen LogP) is 2.90. The summed E-state index contributed by atoms with van der Waals surface area (Å²) >= 11 is 6.17. The third-order valence-corrected chi connectivity index (χ3v) is 4.98. The lowest BCUT2D eigenvalue weighted by Crippen LogP contribution is -2.35. The summed E-state index contributed by atoms with van der Waals surface area (Å²) in [5, 5.41) is 0.810. The van der Waals surface area contributed by atoms with E-state index in [0.29, 0.717) is 0 Å². The molecular formula is C17H26ClN3. The molecule has 3 nitrogen and oxygen atoms in total. The van der Waals surface area contributed by atoms with Gasteiger partial charge < -0.3 is 10.6 Å². The molecule has 3 rings (SSSR count). The highest BCUT2D eigenvalue weighted by molar-refractivity contribution is 6.30. The largest absolute Gasteiger partial charge is 0.370 e. The molecule has 0 amide bonds. The van der Waals surface area contributed by atoms with Gasteiger partial charge in [-0.25, -0.2) is 0 Å². The fourth-order valence-corrected chi connectivity index (χ4v) is 3.93. The summed E-state index contributed by atoms with van der Waals surface area (Å²) in [4.78, 5) is 5.19. The fraction of sp³-hybridized carbons (Fsp3) is 0.647. The quantitative estimate of drug-likeness (QED) is 0.928. The van der Waals surface area contributed by atoms with Crippen LogP contribution in [0.3, 0.4) is 0 Å². The molecule has 0 bridgehead atoms. The Balaban J connectivity index is 1.74. The van der Waals surface area contributed by atoms with E-state index in [-0.39, 0.29) is 6.04 Å². The van der Waals surface area contributed by atoms with Gasteiger partial charge in [-0.15, -0.1) is 0 Å². The van der Waals surface area contributed by atoms with Gasteiger partial charge in [0.2, 0.25) is 0 Å². The van der Waals surface area contributed by atoms with Crippen LogP contribution in [0, 0.1) is 0 Å². The van der Waals surface area contributed by atoms with Crippen LogP contribution >= 0.6 is 11.6 Å². The van der Waals surface area contributed by atoms with Gasteiger partial charge in [-0.2, -0.15) is 0 Å². The van der Waals surface area contributed by atoms with Crippen molar-refractivity contribution in [2.45, 2.75) is 44.7 Å². The van der Waals surface area contributed by atoms with Gasteiger partial charge >= 0.3 is 0 Å². The fourth-order valence-electron chi connectivity index (χ4n) is 3.74. The second-order valence-corrected chi connectivity index (χ2v) is 7.02. The van der Waals surface area contributed by atoms with E-state index in [1.54, 1.807) is 0 Å². The molecule has 2 N–H and O–H groups in total. The molecule has 0 saturated carbocycles. The lowest BCUT2D eigenvalue weighted by Gasteiger charge is -2.26. The van der Waals surface area contributed by atoms with E-state index in [9.17, 15) is 0 Å². The maximum Gasteiger partial charge on any atom is 0.0410 e. The molecule has 116 valence electrons. The first kappa shape index (κ1) is 15.1. The monoisotopic (exact) mass is 307 g/mol. The molecule has 0 radical (unpaired) electrons. The summed E-state index contributed by atoms with van der Waals surface area (Å²) in [6.45, 7) is 6.92. The highest BCUT2D eigenvalue weighted by atomic mass is 35.5. The molecule has 1 aromatic rings. The number of halogens is 1. The lowest BCUT2D eigenvalue weighted by molar-refractivity contribution is 0.260. The van der Waals surface area contributed by atoms with Gasteiger partial charge in [0.05, 0.1) is 0 Å². The smallest absolute Gasteiger partial charge is 0.0410 e. The van der Waals surface area contributed by atoms with Crippen molar-refractivity contribution in [2.75, 3.05) is 31.1 Å². The van der Waals surface area contributed by atoms with Gasteiger partial charge in [-0.05, 0) is 69.5 Å². The van der Waals surface area contributed by atoms with Crippen molar-refractivity contribution >= 4 is 17.3 Å². The molecule has 2 fully saturated rings. The van der Waals surface area contributed by atoms with E-state index in [1.807, 2.05) is 6.07 Å². The van der Waals surface area contributed by atoms with Crippen LogP contribution in [0.25, 0.3) is 0 Å². The third kappa shape index (κ3) is 3.53. The summed E-state index contributed by atoms with van der Waals surface area (Å²) in [5.41, 5.74) is 8.62. The first-order chi connectivity index (χ1) is 10.1. The number of nitrogens with two attached hydrogens (primary N) is 1. The molecule has 2 atom stereocenters. The SMILES string of the molecule is CC(N)Cc1cc(Cl)ccc1N1CCC(N2CCCC2)C1. The Morgan fingerprint density at radius 3 is 2.76 bits per heavy atom. The number of likely N-dealkylation sites (tertiary alicyclic amines) is 1. The Morgan fingerprint density at radius 2 is 2.05 bits per heavy atom. The summed E-state index contributed by atoms with van der Waals surface area (Å²) in [6, 6.07) is 7.16. The Labute approximate surface area is 133 Å². The zero-order valence-electron chi connectivity index (χ0n) is 12.9. The number of hydrogen-bond donors (Lipinski definition) is 1. The predicted molar refractivity (Wildman–Crippen MR) is 90.2 cm³/mol. The van der Waals surface area contributed by atoms with Crippen molar-refractivity contribution in [1.29, 1.82) is 0 Å². The standard InChI is InChI=1S/C17H26ClN3/c1-13(19)10-14-11-15(18)4-5-17(14)21-9-6-16(12-21)20-7-2-3-8-20/h4-5,11,13,16H,2-3,6-10,12,19H2,1H3. The van der Waals surface area contributed by atoms with E-state index in [2.05, 4.69) is 28.9 Å². The number of rotatable bonds is 4. The number of hydrogen-bond acceptors (Lipinski definition) is 3. The topological polar surface area (TPSA) is 32.5 Å². The maximum atomic E-state index is 6.17. The van der Waals surface area contributed by atoms with Crippen LogP contribution < -0.4 is 10.6 Å². The molecule has 0 aromatic heterocycles. The van der Waals surface area contributed by atoms with Crippen molar-refractivity contribution < 1.29 is 0 Å². The van der Waals surface area contributed by atoms with Gasteiger partial charge in [0, 0.05) is 35.9 Å². The highest BCUT2D eigenvalue weighted by Crippen LogP contribution is 2.30.